The van der Waals surface area contributed by atoms with Crippen LogP contribution in [0.4, 0.5) is 0 Å². The number of hydrogen-bond donors (Lipinski definition) is 0. The van der Waals surface area contributed by atoms with E-state index in [4.69, 9.17) is 0 Å². The van der Waals surface area contributed by atoms with E-state index in [1.165, 1.54) is 16.7 Å². The molecule has 0 saturated carbocycles. The quantitative estimate of drug-likeness (QED) is 0.608. The van der Waals surface area contributed by atoms with E-state index in [0.29, 0.717) is 18.4 Å². The molecule has 0 unspecified atom stereocenters. The maximum absolute atomic E-state index is 12.2. The zero-order valence-corrected chi connectivity index (χ0v) is 17.1. The molecule has 1 aliphatic heterocycles. The Labute approximate surface area is 172 Å². The molecule has 0 radical (unpaired) electrons. The van der Waals surface area contributed by atoms with E-state index in [0.717, 1.165) is 35.7 Å². The zero-order valence-electron chi connectivity index (χ0n) is 17.1. The van der Waals surface area contributed by atoms with Gasteiger partial charge in [-0.15, -0.1) is 0 Å². The minimum absolute atomic E-state index is 0.0702. The van der Waals surface area contributed by atoms with Gasteiger partial charge >= 0.3 is 0 Å². The van der Waals surface area contributed by atoms with Crippen LogP contribution in [0.5, 0.6) is 0 Å². The summed E-state index contributed by atoms with van der Waals surface area (Å²) in [6.07, 6.45) is 9.93. The van der Waals surface area contributed by atoms with Crippen LogP contribution in [0, 0.1) is 0 Å². The summed E-state index contributed by atoms with van der Waals surface area (Å²) < 4.78 is 0. The Morgan fingerprint density at radius 2 is 1.90 bits per heavy atom. The van der Waals surface area contributed by atoms with Crippen molar-refractivity contribution in [3.63, 3.8) is 0 Å². The number of carbonyl (C=O) groups excluding carboxylic acids is 1. The van der Waals surface area contributed by atoms with Gasteiger partial charge in [-0.3, -0.25) is 9.78 Å². The first-order chi connectivity index (χ1) is 14.0. The summed E-state index contributed by atoms with van der Waals surface area (Å²) in [6.45, 7) is 2.34. The van der Waals surface area contributed by atoms with Gasteiger partial charge in [-0.25, -0.2) is 0 Å². The van der Waals surface area contributed by atoms with Gasteiger partial charge < -0.3 is 4.90 Å². The molecule has 3 nitrogen and oxygen atoms in total. The highest BCUT2D eigenvalue weighted by atomic mass is 16.2. The number of piperidine rings is 1. The maximum atomic E-state index is 12.2. The number of likely N-dealkylation sites (tertiary alicyclic amines) is 1. The standard InChI is InChI=1S/C26H26N2O/c1-26-14-13-25(29)28(2)24(26)12-10-20-15-18(9-11-22(20)26)7-8-19-16-21-5-3-4-6-23(21)27-17-19/h3-9,11,15-17,24H,10,12-14H2,1-2H3/b8-7+/t24-,26-/m1/s1. The molecule has 1 aromatic heterocycles. The second-order valence-corrected chi connectivity index (χ2v) is 8.69. The summed E-state index contributed by atoms with van der Waals surface area (Å²) in [5.74, 6) is 0.291. The summed E-state index contributed by atoms with van der Waals surface area (Å²) >= 11 is 0. The van der Waals surface area contributed by atoms with Crippen molar-refractivity contribution in [1.82, 2.24) is 9.88 Å². The van der Waals surface area contributed by atoms with Gasteiger partial charge in [0.25, 0.3) is 0 Å². The molecule has 0 N–H and O–H groups in total. The van der Waals surface area contributed by atoms with Crippen LogP contribution in [-0.4, -0.2) is 28.9 Å². The van der Waals surface area contributed by atoms with Crippen LogP contribution in [0.1, 0.15) is 48.4 Å². The van der Waals surface area contributed by atoms with E-state index in [-0.39, 0.29) is 5.41 Å². The molecule has 146 valence electrons. The van der Waals surface area contributed by atoms with Crippen LogP contribution >= 0.6 is 0 Å². The molecule has 2 heterocycles. The molecule has 2 aliphatic rings. The second-order valence-electron chi connectivity index (χ2n) is 8.69. The summed E-state index contributed by atoms with van der Waals surface area (Å²) in [6, 6.07) is 17.5. The fourth-order valence-electron chi connectivity index (χ4n) is 5.28. The Morgan fingerprint density at radius 3 is 2.79 bits per heavy atom. The molecular weight excluding hydrogens is 356 g/mol. The van der Waals surface area contributed by atoms with Crippen LogP contribution < -0.4 is 0 Å². The number of para-hydroxylation sites is 1. The van der Waals surface area contributed by atoms with E-state index in [9.17, 15) is 4.79 Å². The van der Waals surface area contributed by atoms with E-state index in [2.05, 4.69) is 54.4 Å². The predicted molar refractivity (Wildman–Crippen MR) is 119 cm³/mol. The average Bonchev–Trinajstić information content (AvgIpc) is 2.75. The van der Waals surface area contributed by atoms with Crippen molar-refractivity contribution >= 4 is 29.0 Å². The van der Waals surface area contributed by atoms with Gasteiger partial charge in [-0.2, -0.15) is 0 Å². The van der Waals surface area contributed by atoms with Crippen molar-refractivity contribution in [3.8, 4) is 0 Å². The van der Waals surface area contributed by atoms with Crippen LogP contribution in [0.3, 0.4) is 0 Å². The lowest BCUT2D eigenvalue weighted by Gasteiger charge is -2.50. The lowest BCUT2D eigenvalue weighted by Crippen LogP contribution is -2.56. The number of aromatic nitrogens is 1. The molecule has 1 amide bonds. The molecule has 1 saturated heterocycles. The molecule has 2 atom stereocenters. The Hall–Kier alpha value is -2.94. The number of amides is 1. The maximum Gasteiger partial charge on any atom is 0.222 e. The fraction of sp³-hybridized carbons (Fsp3) is 0.308. The van der Waals surface area contributed by atoms with Crippen molar-refractivity contribution in [3.05, 3.63) is 77.0 Å². The number of likely N-dealkylation sites (N-methyl/N-ethyl adjacent to an activating group) is 1. The number of benzene rings is 2. The molecule has 0 bridgehead atoms. The number of pyridine rings is 1. The fourth-order valence-corrected chi connectivity index (χ4v) is 5.28. The molecule has 29 heavy (non-hydrogen) atoms. The van der Waals surface area contributed by atoms with Crippen molar-refractivity contribution in [2.45, 2.75) is 44.1 Å². The highest BCUT2D eigenvalue weighted by molar-refractivity contribution is 5.82. The van der Waals surface area contributed by atoms with Gasteiger partial charge in [0.1, 0.15) is 0 Å². The first-order valence-electron chi connectivity index (χ1n) is 10.5. The predicted octanol–water partition coefficient (Wildman–Crippen LogP) is 5.23. The highest BCUT2D eigenvalue weighted by Crippen LogP contribution is 2.45. The van der Waals surface area contributed by atoms with Gasteiger partial charge in [-0.05, 0) is 53.6 Å². The van der Waals surface area contributed by atoms with Crippen molar-refractivity contribution in [1.29, 1.82) is 0 Å². The molecule has 0 spiro atoms. The topological polar surface area (TPSA) is 33.2 Å². The van der Waals surface area contributed by atoms with Gasteiger partial charge in [0.05, 0.1) is 5.52 Å². The third kappa shape index (κ3) is 3.05. The monoisotopic (exact) mass is 382 g/mol. The van der Waals surface area contributed by atoms with Crippen LogP contribution in [0.15, 0.2) is 54.7 Å². The van der Waals surface area contributed by atoms with Gasteiger partial charge in [0, 0.05) is 36.5 Å². The van der Waals surface area contributed by atoms with Crippen LogP contribution in [0.2, 0.25) is 0 Å². The minimum atomic E-state index is 0.0702. The largest absolute Gasteiger partial charge is 0.342 e. The first kappa shape index (κ1) is 18.1. The zero-order chi connectivity index (χ0) is 20.0. The summed E-state index contributed by atoms with van der Waals surface area (Å²) in [4.78, 5) is 18.7. The van der Waals surface area contributed by atoms with Gasteiger partial charge in [-0.1, -0.05) is 55.5 Å². The number of rotatable bonds is 2. The first-order valence-corrected chi connectivity index (χ1v) is 10.5. The summed E-state index contributed by atoms with van der Waals surface area (Å²) in [7, 11) is 1.98. The lowest BCUT2D eigenvalue weighted by molar-refractivity contribution is -0.138. The normalized spacial score (nSPS) is 24.0. The Balaban J connectivity index is 1.44. The molecule has 5 rings (SSSR count). The van der Waals surface area contributed by atoms with Crippen LogP contribution in [0.25, 0.3) is 23.1 Å². The second kappa shape index (κ2) is 6.84. The molecular formula is C26H26N2O. The SMILES string of the molecule is CN1C(=O)CC[C@]2(C)c3ccc(/C=C/c4cnc5ccccc5c4)cc3CC[C@@H]12. The number of aryl methyl sites for hydroxylation is 1. The third-order valence-electron chi connectivity index (χ3n) is 6.97. The lowest BCUT2D eigenvalue weighted by atomic mass is 9.63. The molecule has 1 fully saturated rings. The smallest absolute Gasteiger partial charge is 0.222 e. The molecule has 2 aromatic carbocycles. The Bertz CT molecular complexity index is 1130. The van der Waals surface area contributed by atoms with E-state index in [1.54, 1.807) is 0 Å². The summed E-state index contributed by atoms with van der Waals surface area (Å²) in [5.41, 5.74) is 6.29. The van der Waals surface area contributed by atoms with Crippen LogP contribution in [-0.2, 0) is 16.6 Å². The summed E-state index contributed by atoms with van der Waals surface area (Å²) in [5, 5.41) is 1.16. The highest BCUT2D eigenvalue weighted by Gasteiger charge is 2.46. The third-order valence-corrected chi connectivity index (χ3v) is 6.97. The molecule has 3 heteroatoms. The van der Waals surface area contributed by atoms with E-state index >= 15 is 0 Å². The number of carbonyl (C=O) groups is 1. The average molecular weight is 383 g/mol. The number of hydrogen-bond acceptors (Lipinski definition) is 2. The van der Waals surface area contributed by atoms with Gasteiger partial charge in [0.2, 0.25) is 5.91 Å². The molecule has 3 aromatic rings. The van der Waals surface area contributed by atoms with Crippen molar-refractivity contribution in [2.75, 3.05) is 7.05 Å². The van der Waals surface area contributed by atoms with Gasteiger partial charge in [0.15, 0.2) is 0 Å². The van der Waals surface area contributed by atoms with Crippen molar-refractivity contribution < 1.29 is 4.79 Å². The molecule has 1 aliphatic carbocycles. The Morgan fingerprint density at radius 1 is 1.07 bits per heavy atom. The Kier molecular flexibility index (Phi) is 4.27. The van der Waals surface area contributed by atoms with Crippen molar-refractivity contribution in [2.24, 2.45) is 0 Å². The van der Waals surface area contributed by atoms with E-state index < -0.39 is 0 Å². The minimum Gasteiger partial charge on any atom is -0.342 e. The number of nitrogens with zero attached hydrogens (tertiary/aromatic N) is 2. The number of fused-ring (bicyclic) bond motifs is 4. The van der Waals surface area contributed by atoms with E-state index in [1.807, 2.05) is 36.3 Å².